The van der Waals surface area contributed by atoms with Crippen molar-refractivity contribution in [2.45, 2.75) is 66.0 Å². The topological polar surface area (TPSA) is 116 Å². The highest BCUT2D eigenvalue weighted by Gasteiger charge is 2.32. The molecule has 3 rings (SSSR count). The van der Waals surface area contributed by atoms with E-state index in [0.29, 0.717) is 24.1 Å². The Morgan fingerprint density at radius 1 is 1.03 bits per heavy atom. The average Bonchev–Trinajstić information content (AvgIpc) is 3.50. The number of anilines is 1. The fourth-order valence-electron chi connectivity index (χ4n) is 3.54. The minimum Gasteiger partial charge on any atom is -0.345 e. The molecule has 1 saturated carbocycles. The van der Waals surface area contributed by atoms with E-state index in [1.165, 1.54) is 11.3 Å². The third-order valence-corrected chi connectivity index (χ3v) is 6.15. The van der Waals surface area contributed by atoms with E-state index in [9.17, 15) is 14.4 Å². The molecule has 0 spiro atoms. The summed E-state index contributed by atoms with van der Waals surface area (Å²) in [7, 11) is 0. The summed E-state index contributed by atoms with van der Waals surface area (Å²) in [4.78, 5) is 49.0. The van der Waals surface area contributed by atoms with E-state index in [4.69, 9.17) is 0 Å². The molecule has 3 N–H and O–H groups in total. The molecule has 9 nitrogen and oxygen atoms in total. The van der Waals surface area contributed by atoms with Crippen LogP contribution in [0.2, 0.25) is 0 Å². The summed E-state index contributed by atoms with van der Waals surface area (Å²) in [6.07, 6.45) is 2.70. The number of hydrogen-bond acceptors (Lipinski definition) is 7. The molecule has 184 valence electrons. The van der Waals surface area contributed by atoms with Crippen LogP contribution in [0.4, 0.5) is 5.13 Å². The van der Waals surface area contributed by atoms with Gasteiger partial charge in [-0.25, -0.2) is 9.97 Å². The number of nitrogens with zero attached hydrogens (tertiary/aromatic N) is 3. The first-order valence-corrected chi connectivity index (χ1v) is 12.6. The van der Waals surface area contributed by atoms with Crippen LogP contribution in [0.3, 0.4) is 0 Å². The van der Waals surface area contributed by atoms with Gasteiger partial charge in [-0.05, 0) is 50.2 Å². The van der Waals surface area contributed by atoms with Gasteiger partial charge in [-0.15, -0.1) is 11.3 Å². The van der Waals surface area contributed by atoms with Crippen molar-refractivity contribution in [1.82, 2.24) is 26.1 Å². The van der Waals surface area contributed by atoms with Crippen molar-refractivity contribution >= 4 is 34.2 Å². The van der Waals surface area contributed by atoms with Crippen LogP contribution in [-0.4, -0.2) is 46.3 Å². The summed E-state index contributed by atoms with van der Waals surface area (Å²) >= 11 is 1.43. The molecule has 1 atom stereocenters. The van der Waals surface area contributed by atoms with Gasteiger partial charge in [-0.3, -0.25) is 25.2 Å². The largest absolute Gasteiger partial charge is 0.345 e. The first-order valence-electron chi connectivity index (χ1n) is 11.7. The zero-order valence-electron chi connectivity index (χ0n) is 20.4. The van der Waals surface area contributed by atoms with Gasteiger partial charge in [0.05, 0.1) is 0 Å². The lowest BCUT2D eigenvalue weighted by Crippen LogP contribution is -2.52. The molecule has 2 aromatic rings. The molecule has 3 amide bonds. The lowest BCUT2D eigenvalue weighted by molar-refractivity contribution is -0.124. The van der Waals surface area contributed by atoms with Gasteiger partial charge < -0.3 is 10.2 Å². The van der Waals surface area contributed by atoms with Gasteiger partial charge in [0.1, 0.15) is 17.4 Å². The maximum Gasteiger partial charge on any atom is 0.289 e. The molecule has 10 heteroatoms. The minimum absolute atomic E-state index is 0.146. The second-order valence-electron chi connectivity index (χ2n) is 9.56. The van der Waals surface area contributed by atoms with E-state index in [-0.39, 0.29) is 17.3 Å². The molecule has 1 aliphatic rings. The van der Waals surface area contributed by atoms with E-state index in [1.54, 1.807) is 30.5 Å². The minimum atomic E-state index is -0.822. The van der Waals surface area contributed by atoms with E-state index < -0.39 is 23.8 Å². The van der Waals surface area contributed by atoms with Crippen molar-refractivity contribution in [3.63, 3.8) is 0 Å². The molecule has 1 fully saturated rings. The van der Waals surface area contributed by atoms with Crippen LogP contribution in [0.15, 0.2) is 23.6 Å². The van der Waals surface area contributed by atoms with E-state index in [1.807, 2.05) is 13.8 Å². The summed E-state index contributed by atoms with van der Waals surface area (Å²) in [5.74, 6) is -0.800. The van der Waals surface area contributed by atoms with Crippen LogP contribution in [0, 0.1) is 18.8 Å². The molecule has 2 aromatic heterocycles. The quantitative estimate of drug-likeness (QED) is 0.445. The van der Waals surface area contributed by atoms with Crippen molar-refractivity contribution in [2.75, 3.05) is 11.4 Å². The Kier molecular flexibility index (Phi) is 8.60. The number of nitrogens with one attached hydrogen (secondary N) is 3. The molecular formula is C24H34N6O3S. The Morgan fingerprint density at radius 3 is 2.38 bits per heavy atom. The van der Waals surface area contributed by atoms with E-state index in [0.717, 1.165) is 24.5 Å². The second kappa shape index (κ2) is 11.4. The third kappa shape index (κ3) is 7.24. The molecule has 1 unspecified atom stereocenters. The lowest BCUT2D eigenvalue weighted by atomic mass is 10.0. The van der Waals surface area contributed by atoms with Crippen LogP contribution >= 0.6 is 11.3 Å². The van der Waals surface area contributed by atoms with Crippen molar-refractivity contribution < 1.29 is 14.4 Å². The monoisotopic (exact) mass is 486 g/mol. The molecule has 0 aromatic carbocycles. The predicted molar refractivity (Wildman–Crippen MR) is 133 cm³/mol. The van der Waals surface area contributed by atoms with Crippen LogP contribution < -0.4 is 21.1 Å². The Labute approximate surface area is 204 Å². The zero-order valence-corrected chi connectivity index (χ0v) is 21.2. The molecule has 0 bridgehead atoms. The van der Waals surface area contributed by atoms with Gasteiger partial charge in [0.25, 0.3) is 17.7 Å². The maximum atomic E-state index is 12.8. The van der Waals surface area contributed by atoms with E-state index >= 15 is 0 Å². The Morgan fingerprint density at radius 2 is 1.76 bits per heavy atom. The molecule has 1 aliphatic carbocycles. The van der Waals surface area contributed by atoms with Gasteiger partial charge in [-0.2, -0.15) is 0 Å². The van der Waals surface area contributed by atoms with Crippen LogP contribution in [0.1, 0.15) is 73.6 Å². The van der Waals surface area contributed by atoms with E-state index in [2.05, 4.69) is 44.9 Å². The fourth-order valence-corrected chi connectivity index (χ4v) is 4.42. The number of aromatic nitrogens is 2. The van der Waals surface area contributed by atoms with Gasteiger partial charge in [-0.1, -0.05) is 33.8 Å². The predicted octanol–water partition coefficient (Wildman–Crippen LogP) is 3.08. The summed E-state index contributed by atoms with van der Waals surface area (Å²) in [6, 6.07) is 4.80. The van der Waals surface area contributed by atoms with Crippen molar-refractivity contribution in [3.05, 3.63) is 40.7 Å². The fraction of sp³-hybridized carbons (Fsp3) is 0.542. The zero-order chi connectivity index (χ0) is 24.8. The molecular weight excluding hydrogens is 452 g/mol. The summed E-state index contributed by atoms with van der Waals surface area (Å²) in [5, 5.41) is 5.25. The summed E-state index contributed by atoms with van der Waals surface area (Å²) in [6.45, 7) is 10.9. The van der Waals surface area contributed by atoms with Crippen molar-refractivity contribution in [3.8, 4) is 0 Å². The Balaban J connectivity index is 1.60. The van der Waals surface area contributed by atoms with Gasteiger partial charge in [0.2, 0.25) is 0 Å². The second-order valence-corrected chi connectivity index (χ2v) is 10.4. The van der Waals surface area contributed by atoms with Gasteiger partial charge in [0, 0.05) is 23.7 Å². The first kappa shape index (κ1) is 25.6. The number of rotatable bonds is 10. The maximum absolute atomic E-state index is 12.8. The smallest absolute Gasteiger partial charge is 0.289 e. The summed E-state index contributed by atoms with van der Waals surface area (Å²) in [5.41, 5.74) is 6.07. The number of pyridine rings is 1. The van der Waals surface area contributed by atoms with Crippen LogP contribution in [-0.2, 0) is 4.79 Å². The summed E-state index contributed by atoms with van der Waals surface area (Å²) < 4.78 is 0. The Hall–Kier alpha value is -3.01. The highest BCUT2D eigenvalue weighted by Crippen LogP contribution is 2.34. The lowest BCUT2D eigenvalue weighted by Gasteiger charge is -2.23. The number of carbonyl (C=O) groups is 3. The molecule has 0 saturated heterocycles. The van der Waals surface area contributed by atoms with Gasteiger partial charge >= 0.3 is 0 Å². The highest BCUT2D eigenvalue weighted by atomic mass is 32.1. The standard InChI is InChI=1S/C24H34N6O3S/c1-14(2)11-19(26-21(31)18-8-6-7-16(5)25-18)22(32)28-29-23(33)20-13-34-24(27-20)30(12-15(3)4)17-9-10-17/h6-8,13-15,17,19H,9-12H2,1-5H3,(H,26,31)(H,28,32)(H,29,33). The average molecular weight is 487 g/mol. The third-order valence-electron chi connectivity index (χ3n) is 5.27. The number of hydrazine groups is 1. The normalized spacial score (nSPS) is 14.1. The number of hydrogen-bond donors (Lipinski definition) is 3. The van der Waals surface area contributed by atoms with Crippen LogP contribution in [0.25, 0.3) is 0 Å². The molecule has 0 aliphatic heterocycles. The van der Waals surface area contributed by atoms with Crippen molar-refractivity contribution in [2.24, 2.45) is 11.8 Å². The number of thiazole rings is 1. The van der Waals surface area contributed by atoms with Gasteiger partial charge in [0.15, 0.2) is 5.13 Å². The number of amides is 3. The van der Waals surface area contributed by atoms with Crippen LogP contribution in [0.5, 0.6) is 0 Å². The number of aryl methyl sites for hydroxylation is 1. The molecule has 2 heterocycles. The molecule has 34 heavy (non-hydrogen) atoms. The molecule has 0 radical (unpaired) electrons. The number of carbonyl (C=O) groups excluding carboxylic acids is 3. The SMILES string of the molecule is Cc1cccc(C(=O)NC(CC(C)C)C(=O)NNC(=O)c2csc(N(CC(C)C)C3CC3)n2)n1. The highest BCUT2D eigenvalue weighted by molar-refractivity contribution is 7.14. The van der Waals surface area contributed by atoms with Crippen molar-refractivity contribution in [1.29, 1.82) is 0 Å². The first-order chi connectivity index (χ1) is 16.1. The Bertz CT molecular complexity index is 1020.